The van der Waals surface area contributed by atoms with E-state index in [4.69, 9.17) is 0 Å². The number of carbonyl (C=O) groups excluding carboxylic acids is 2. The van der Waals surface area contributed by atoms with Crippen LogP contribution in [0.5, 0.6) is 0 Å². The van der Waals surface area contributed by atoms with Gasteiger partial charge in [-0.2, -0.15) is 0 Å². The molecule has 1 aromatic carbocycles. The Balaban J connectivity index is 1.86. The minimum absolute atomic E-state index is 0.0275. The Bertz CT molecular complexity index is 879. The predicted molar refractivity (Wildman–Crippen MR) is 97.4 cm³/mol. The van der Waals surface area contributed by atoms with E-state index in [1.165, 1.54) is 11.6 Å². The number of aromatic amines is 1. The summed E-state index contributed by atoms with van der Waals surface area (Å²) in [5.41, 5.74) is 2.38. The number of H-pyrrole nitrogens is 1. The minimum atomic E-state index is -0.507. The summed E-state index contributed by atoms with van der Waals surface area (Å²) in [7, 11) is 0. The fourth-order valence-electron chi connectivity index (χ4n) is 3.14. The first-order valence-corrected chi connectivity index (χ1v) is 8.56. The van der Waals surface area contributed by atoms with Crippen LogP contribution in [0.25, 0.3) is 0 Å². The van der Waals surface area contributed by atoms with Gasteiger partial charge in [0.25, 0.3) is 11.5 Å². The molecule has 130 valence electrons. The van der Waals surface area contributed by atoms with Crippen molar-refractivity contribution in [1.29, 1.82) is 0 Å². The number of anilines is 1. The van der Waals surface area contributed by atoms with E-state index in [1.807, 2.05) is 31.2 Å². The normalized spacial score (nSPS) is 16.6. The molecule has 0 bridgehead atoms. The largest absolute Gasteiger partial charge is 0.325 e. The maximum absolute atomic E-state index is 12.5. The number of hydrogen-bond acceptors (Lipinski definition) is 3. The van der Waals surface area contributed by atoms with Crippen molar-refractivity contribution in [3.05, 3.63) is 63.1 Å². The summed E-state index contributed by atoms with van der Waals surface area (Å²) in [6.45, 7) is 6.16. The number of carbonyl (C=O) groups is 2. The molecular weight excluding hydrogens is 316 g/mol. The summed E-state index contributed by atoms with van der Waals surface area (Å²) >= 11 is 0. The molecule has 1 aliphatic rings. The van der Waals surface area contributed by atoms with Gasteiger partial charge in [0.05, 0.1) is 0 Å². The predicted octanol–water partition coefficient (Wildman–Crippen LogP) is 3.52. The van der Waals surface area contributed by atoms with Crippen LogP contribution in [0.3, 0.4) is 0 Å². The van der Waals surface area contributed by atoms with Crippen LogP contribution in [0.15, 0.2) is 35.1 Å². The van der Waals surface area contributed by atoms with Gasteiger partial charge in [-0.1, -0.05) is 32.9 Å². The molecule has 1 atom stereocenters. The van der Waals surface area contributed by atoms with Crippen LogP contribution in [0.1, 0.15) is 65.1 Å². The van der Waals surface area contributed by atoms with Gasteiger partial charge in [0.2, 0.25) is 0 Å². The second-order valence-electron chi connectivity index (χ2n) is 7.07. The average molecular weight is 338 g/mol. The zero-order valence-corrected chi connectivity index (χ0v) is 14.7. The van der Waals surface area contributed by atoms with Crippen LogP contribution >= 0.6 is 0 Å². The van der Waals surface area contributed by atoms with E-state index in [0.29, 0.717) is 35.7 Å². The van der Waals surface area contributed by atoms with Crippen molar-refractivity contribution in [2.45, 2.75) is 39.5 Å². The van der Waals surface area contributed by atoms with E-state index < -0.39 is 11.5 Å². The summed E-state index contributed by atoms with van der Waals surface area (Å²) in [6, 6.07) is 8.95. The number of ketones is 1. The average Bonchev–Trinajstić information content (AvgIpc) is 2.54. The molecule has 0 radical (unpaired) electrons. The molecular formula is C20H22N2O3. The van der Waals surface area contributed by atoms with Crippen molar-refractivity contribution in [3.63, 3.8) is 0 Å². The molecule has 0 saturated heterocycles. The SMILES string of the molecule is CC1CC(=O)c2cc(C(=O)Nc3ccc(C(C)C)cc3)c(=O)[nH]c2C1. The zero-order chi connectivity index (χ0) is 18.1. The first kappa shape index (κ1) is 17.1. The van der Waals surface area contributed by atoms with Crippen molar-refractivity contribution in [1.82, 2.24) is 4.98 Å². The Morgan fingerprint density at radius 2 is 1.84 bits per heavy atom. The molecule has 0 saturated carbocycles. The standard InChI is InChI=1S/C20H22N2O3/c1-11(2)13-4-6-14(7-5-13)21-19(24)16-10-15-17(22-20(16)25)8-12(3)9-18(15)23/h4-7,10-12H,8-9H2,1-3H3,(H,21,24)(H,22,25). The summed E-state index contributed by atoms with van der Waals surface area (Å²) in [5, 5.41) is 2.73. The molecule has 0 fully saturated rings. The number of benzene rings is 1. The molecule has 2 N–H and O–H groups in total. The Morgan fingerprint density at radius 3 is 2.48 bits per heavy atom. The molecule has 0 aliphatic heterocycles. The van der Waals surface area contributed by atoms with E-state index >= 15 is 0 Å². The number of nitrogens with one attached hydrogen (secondary N) is 2. The van der Waals surface area contributed by atoms with Gasteiger partial charge in [-0.25, -0.2) is 0 Å². The lowest BCUT2D eigenvalue weighted by Crippen LogP contribution is -2.29. The highest BCUT2D eigenvalue weighted by Gasteiger charge is 2.25. The fraction of sp³-hybridized carbons (Fsp3) is 0.350. The molecule has 1 amide bonds. The molecule has 25 heavy (non-hydrogen) atoms. The molecule has 5 heteroatoms. The monoisotopic (exact) mass is 338 g/mol. The van der Waals surface area contributed by atoms with Crippen LogP contribution in [0.4, 0.5) is 5.69 Å². The number of amides is 1. The van der Waals surface area contributed by atoms with Crippen molar-refractivity contribution < 1.29 is 9.59 Å². The number of aromatic nitrogens is 1. The highest BCUT2D eigenvalue weighted by Crippen LogP contribution is 2.23. The molecule has 3 rings (SSSR count). The minimum Gasteiger partial charge on any atom is -0.325 e. The molecule has 2 aromatic rings. The smallest absolute Gasteiger partial charge is 0.261 e. The van der Waals surface area contributed by atoms with Crippen molar-refractivity contribution >= 4 is 17.4 Å². The van der Waals surface area contributed by atoms with Crippen molar-refractivity contribution in [3.8, 4) is 0 Å². The second-order valence-corrected chi connectivity index (χ2v) is 7.07. The number of fused-ring (bicyclic) bond motifs is 1. The summed E-state index contributed by atoms with van der Waals surface area (Å²) in [5.74, 6) is 0.0737. The molecule has 5 nitrogen and oxygen atoms in total. The topological polar surface area (TPSA) is 79.0 Å². The maximum atomic E-state index is 12.5. The quantitative estimate of drug-likeness (QED) is 0.899. The van der Waals surface area contributed by atoms with Gasteiger partial charge < -0.3 is 10.3 Å². The van der Waals surface area contributed by atoms with Crippen molar-refractivity contribution in [2.75, 3.05) is 5.32 Å². The van der Waals surface area contributed by atoms with E-state index in [1.54, 1.807) is 0 Å². The third-order valence-electron chi connectivity index (χ3n) is 4.59. The summed E-state index contributed by atoms with van der Waals surface area (Å²) in [4.78, 5) is 39.6. The Kier molecular flexibility index (Phi) is 4.57. The molecule has 0 spiro atoms. The molecule has 1 aromatic heterocycles. The highest BCUT2D eigenvalue weighted by molar-refractivity contribution is 6.06. The Morgan fingerprint density at radius 1 is 1.16 bits per heavy atom. The lowest BCUT2D eigenvalue weighted by atomic mass is 9.86. The molecule has 1 heterocycles. The maximum Gasteiger partial charge on any atom is 0.261 e. The number of rotatable bonds is 3. The van der Waals surface area contributed by atoms with E-state index in [9.17, 15) is 14.4 Å². The first-order valence-electron chi connectivity index (χ1n) is 8.56. The van der Waals surface area contributed by atoms with Crippen molar-refractivity contribution in [2.24, 2.45) is 5.92 Å². The van der Waals surface area contributed by atoms with E-state index in [-0.39, 0.29) is 17.3 Å². The zero-order valence-electron chi connectivity index (χ0n) is 14.7. The Hall–Kier alpha value is -2.69. The second kappa shape index (κ2) is 6.67. The molecule has 1 aliphatic carbocycles. The highest BCUT2D eigenvalue weighted by atomic mass is 16.2. The van der Waals surface area contributed by atoms with Crippen LogP contribution in [-0.4, -0.2) is 16.7 Å². The van der Waals surface area contributed by atoms with Crippen LogP contribution in [0.2, 0.25) is 0 Å². The fourth-order valence-corrected chi connectivity index (χ4v) is 3.14. The third-order valence-corrected chi connectivity index (χ3v) is 4.59. The summed E-state index contributed by atoms with van der Waals surface area (Å²) in [6.07, 6.45) is 1.09. The van der Waals surface area contributed by atoms with Gasteiger partial charge in [-0.05, 0) is 42.0 Å². The van der Waals surface area contributed by atoms with Gasteiger partial charge in [-0.3, -0.25) is 14.4 Å². The van der Waals surface area contributed by atoms with Gasteiger partial charge in [0.1, 0.15) is 5.56 Å². The van der Waals surface area contributed by atoms with Gasteiger partial charge >= 0.3 is 0 Å². The molecule has 1 unspecified atom stereocenters. The van der Waals surface area contributed by atoms with Crippen LogP contribution in [0, 0.1) is 5.92 Å². The number of pyridine rings is 1. The van der Waals surface area contributed by atoms with E-state index in [0.717, 1.165) is 0 Å². The number of Topliss-reactive ketones (excluding diaryl/α,β-unsaturated/α-hetero) is 1. The lowest BCUT2D eigenvalue weighted by Gasteiger charge is -2.20. The summed E-state index contributed by atoms with van der Waals surface area (Å²) < 4.78 is 0. The van der Waals surface area contributed by atoms with Gasteiger partial charge in [0, 0.05) is 23.4 Å². The first-order chi connectivity index (χ1) is 11.8. The lowest BCUT2D eigenvalue weighted by molar-refractivity contribution is 0.0952. The number of hydrogen-bond donors (Lipinski definition) is 2. The van der Waals surface area contributed by atoms with Crippen LogP contribution < -0.4 is 10.9 Å². The van der Waals surface area contributed by atoms with Gasteiger partial charge in [0.15, 0.2) is 5.78 Å². The van der Waals surface area contributed by atoms with Gasteiger partial charge in [-0.15, -0.1) is 0 Å². The van der Waals surface area contributed by atoms with Crippen LogP contribution in [-0.2, 0) is 6.42 Å². The third kappa shape index (κ3) is 3.55. The Labute approximate surface area is 146 Å². The van der Waals surface area contributed by atoms with E-state index in [2.05, 4.69) is 24.1 Å².